The van der Waals surface area contributed by atoms with E-state index in [4.69, 9.17) is 10.2 Å². The third-order valence-electron chi connectivity index (χ3n) is 4.10. The molecule has 0 saturated carbocycles. The van der Waals surface area contributed by atoms with Crippen LogP contribution in [0.1, 0.15) is 28.4 Å². The lowest BCUT2D eigenvalue weighted by molar-refractivity contribution is 0.1000. The van der Waals surface area contributed by atoms with Crippen LogP contribution >= 0.6 is 0 Å². The topological polar surface area (TPSA) is 106 Å². The van der Waals surface area contributed by atoms with Gasteiger partial charge in [-0.15, -0.1) is 0 Å². The lowest BCUT2D eigenvalue weighted by Crippen LogP contribution is -2.34. The first-order valence-electron chi connectivity index (χ1n) is 8.50. The van der Waals surface area contributed by atoms with Crippen LogP contribution in [0.15, 0.2) is 53.6 Å². The highest BCUT2D eigenvalue weighted by atomic mass is 16.3. The average Bonchev–Trinajstić information content (AvgIpc) is 3.31. The zero-order chi connectivity index (χ0) is 19.4. The van der Waals surface area contributed by atoms with Gasteiger partial charge in [0.1, 0.15) is 0 Å². The van der Waals surface area contributed by atoms with E-state index in [2.05, 4.69) is 10.4 Å². The predicted octanol–water partition coefficient (Wildman–Crippen LogP) is 2.93. The molecule has 8 nitrogen and oxygen atoms in total. The Morgan fingerprint density at radius 1 is 1.33 bits per heavy atom. The summed E-state index contributed by atoms with van der Waals surface area (Å²) in [4.78, 5) is 26.0. The van der Waals surface area contributed by atoms with Gasteiger partial charge >= 0.3 is 6.03 Å². The van der Waals surface area contributed by atoms with E-state index in [0.717, 1.165) is 11.1 Å². The Labute approximate surface area is 156 Å². The number of primary amides is 1. The smallest absolute Gasteiger partial charge is 0.322 e. The van der Waals surface area contributed by atoms with Crippen LogP contribution in [0.4, 0.5) is 10.5 Å². The molecule has 3 amide bonds. The summed E-state index contributed by atoms with van der Waals surface area (Å²) in [6.45, 7) is 4.72. The van der Waals surface area contributed by atoms with Crippen LogP contribution in [0, 0.1) is 6.92 Å². The first kappa shape index (κ1) is 18.2. The zero-order valence-electron chi connectivity index (χ0n) is 15.2. The number of furan rings is 1. The van der Waals surface area contributed by atoms with Crippen molar-refractivity contribution in [3.05, 3.63) is 65.9 Å². The van der Waals surface area contributed by atoms with E-state index in [1.807, 2.05) is 26.1 Å². The SMILES string of the molecule is CCN(Cc1ccoc1)C(=O)Nc1cc(C(N)=O)ccc1-n1cc(C)cn1. The Bertz CT molecular complexity index is 946. The van der Waals surface area contributed by atoms with Gasteiger partial charge in [-0.25, -0.2) is 9.48 Å². The number of rotatable bonds is 6. The molecule has 2 heterocycles. The van der Waals surface area contributed by atoms with Crippen LogP contribution in [0.5, 0.6) is 0 Å². The predicted molar refractivity (Wildman–Crippen MR) is 101 cm³/mol. The van der Waals surface area contributed by atoms with Crippen molar-refractivity contribution in [2.24, 2.45) is 5.73 Å². The minimum Gasteiger partial charge on any atom is -0.472 e. The van der Waals surface area contributed by atoms with E-state index < -0.39 is 5.91 Å². The molecule has 0 spiro atoms. The van der Waals surface area contributed by atoms with E-state index in [1.165, 1.54) is 0 Å². The van der Waals surface area contributed by atoms with Gasteiger partial charge in [-0.2, -0.15) is 5.10 Å². The summed E-state index contributed by atoms with van der Waals surface area (Å²) in [7, 11) is 0. The average molecular weight is 367 g/mol. The van der Waals surface area contributed by atoms with Crippen LogP contribution in [0.25, 0.3) is 5.69 Å². The minimum absolute atomic E-state index is 0.301. The lowest BCUT2D eigenvalue weighted by atomic mass is 10.1. The molecule has 0 aliphatic heterocycles. The fourth-order valence-corrected chi connectivity index (χ4v) is 2.66. The Morgan fingerprint density at radius 3 is 2.74 bits per heavy atom. The van der Waals surface area contributed by atoms with Crippen molar-refractivity contribution in [2.75, 3.05) is 11.9 Å². The van der Waals surface area contributed by atoms with Crippen LogP contribution in [-0.2, 0) is 6.54 Å². The molecular weight excluding hydrogens is 346 g/mol. The Morgan fingerprint density at radius 2 is 2.15 bits per heavy atom. The number of hydrogen-bond acceptors (Lipinski definition) is 4. The summed E-state index contributed by atoms with van der Waals surface area (Å²) in [5, 5.41) is 7.14. The molecule has 0 saturated heterocycles. The Kier molecular flexibility index (Phi) is 5.25. The number of carbonyl (C=O) groups is 2. The van der Waals surface area contributed by atoms with Gasteiger partial charge in [0.25, 0.3) is 0 Å². The van der Waals surface area contributed by atoms with Crippen LogP contribution in [0.2, 0.25) is 0 Å². The van der Waals surface area contributed by atoms with Crippen molar-refractivity contribution in [2.45, 2.75) is 20.4 Å². The number of nitrogens with one attached hydrogen (secondary N) is 1. The first-order valence-corrected chi connectivity index (χ1v) is 8.50. The highest BCUT2D eigenvalue weighted by molar-refractivity contribution is 5.97. The van der Waals surface area contributed by atoms with Crippen molar-refractivity contribution in [3.63, 3.8) is 0 Å². The van der Waals surface area contributed by atoms with Crippen molar-refractivity contribution in [1.29, 1.82) is 0 Å². The number of benzene rings is 1. The van der Waals surface area contributed by atoms with Gasteiger partial charge < -0.3 is 20.4 Å². The summed E-state index contributed by atoms with van der Waals surface area (Å²) < 4.78 is 6.70. The van der Waals surface area contributed by atoms with E-state index in [9.17, 15) is 9.59 Å². The molecule has 0 aliphatic carbocycles. The fraction of sp³-hybridized carbons (Fsp3) is 0.211. The van der Waals surface area contributed by atoms with E-state index in [1.54, 1.807) is 46.5 Å². The normalized spacial score (nSPS) is 10.6. The highest BCUT2D eigenvalue weighted by Gasteiger charge is 2.17. The number of nitrogens with zero attached hydrogens (tertiary/aromatic N) is 3. The summed E-state index contributed by atoms with van der Waals surface area (Å²) in [5.41, 5.74) is 8.64. The van der Waals surface area contributed by atoms with Gasteiger partial charge in [-0.3, -0.25) is 4.79 Å². The quantitative estimate of drug-likeness (QED) is 0.698. The number of anilines is 1. The molecule has 2 aromatic heterocycles. The third kappa shape index (κ3) is 4.17. The molecule has 0 radical (unpaired) electrons. The number of amides is 3. The van der Waals surface area contributed by atoms with Crippen LogP contribution in [0.3, 0.4) is 0 Å². The molecule has 140 valence electrons. The molecule has 0 aliphatic rings. The third-order valence-corrected chi connectivity index (χ3v) is 4.10. The molecule has 0 bridgehead atoms. The molecule has 1 aromatic carbocycles. The maximum absolute atomic E-state index is 12.8. The number of aryl methyl sites for hydroxylation is 1. The van der Waals surface area contributed by atoms with Crippen molar-refractivity contribution >= 4 is 17.6 Å². The molecular formula is C19H21N5O3. The lowest BCUT2D eigenvalue weighted by Gasteiger charge is -2.22. The number of hydrogen-bond donors (Lipinski definition) is 2. The molecule has 8 heteroatoms. The van der Waals surface area contributed by atoms with Crippen molar-refractivity contribution in [3.8, 4) is 5.69 Å². The largest absolute Gasteiger partial charge is 0.472 e. The second kappa shape index (κ2) is 7.77. The van der Waals surface area contributed by atoms with Crippen LogP contribution in [-0.4, -0.2) is 33.2 Å². The van der Waals surface area contributed by atoms with Gasteiger partial charge in [0, 0.05) is 23.9 Å². The van der Waals surface area contributed by atoms with Gasteiger partial charge in [-0.05, 0) is 43.7 Å². The molecule has 27 heavy (non-hydrogen) atoms. The van der Waals surface area contributed by atoms with Gasteiger partial charge in [0.15, 0.2) is 0 Å². The van der Waals surface area contributed by atoms with Gasteiger partial charge in [-0.1, -0.05) is 0 Å². The zero-order valence-corrected chi connectivity index (χ0v) is 15.2. The number of nitrogens with two attached hydrogens (primary N) is 1. The van der Waals surface area contributed by atoms with Crippen molar-refractivity contribution in [1.82, 2.24) is 14.7 Å². The second-order valence-electron chi connectivity index (χ2n) is 6.13. The van der Waals surface area contributed by atoms with Crippen LogP contribution < -0.4 is 11.1 Å². The maximum atomic E-state index is 12.8. The molecule has 3 rings (SSSR count). The minimum atomic E-state index is -0.570. The second-order valence-corrected chi connectivity index (χ2v) is 6.13. The monoisotopic (exact) mass is 367 g/mol. The standard InChI is InChI=1S/C19H21N5O3/c1-3-23(11-14-6-7-27-12-14)19(26)22-16-8-15(18(20)25)4-5-17(16)24-10-13(2)9-21-24/h4-10,12H,3,11H2,1-2H3,(H2,20,25)(H,22,26). The highest BCUT2D eigenvalue weighted by Crippen LogP contribution is 2.23. The number of urea groups is 1. The Balaban J connectivity index is 1.90. The molecule has 0 unspecified atom stereocenters. The summed E-state index contributed by atoms with van der Waals surface area (Å²) in [5.74, 6) is -0.570. The first-order chi connectivity index (χ1) is 13.0. The molecule has 3 N–H and O–H groups in total. The summed E-state index contributed by atoms with van der Waals surface area (Å²) in [6.07, 6.45) is 6.71. The fourth-order valence-electron chi connectivity index (χ4n) is 2.66. The molecule has 3 aromatic rings. The molecule has 0 atom stereocenters. The number of aromatic nitrogens is 2. The Hall–Kier alpha value is -3.55. The van der Waals surface area contributed by atoms with E-state index >= 15 is 0 Å². The van der Waals surface area contributed by atoms with Crippen molar-refractivity contribution < 1.29 is 14.0 Å². The van der Waals surface area contributed by atoms with Gasteiger partial charge in [0.05, 0.1) is 36.6 Å². The van der Waals surface area contributed by atoms with Gasteiger partial charge in [0.2, 0.25) is 5.91 Å². The number of carbonyl (C=O) groups excluding carboxylic acids is 2. The summed E-state index contributed by atoms with van der Waals surface area (Å²) >= 11 is 0. The van der Waals surface area contributed by atoms with E-state index in [0.29, 0.717) is 30.0 Å². The molecule has 0 fully saturated rings. The van der Waals surface area contributed by atoms with E-state index in [-0.39, 0.29) is 6.03 Å². The maximum Gasteiger partial charge on any atom is 0.322 e. The summed E-state index contributed by atoms with van der Waals surface area (Å²) in [6, 6.07) is 6.37.